The minimum absolute atomic E-state index is 0.728. The number of rotatable bonds is 2. The van der Waals surface area contributed by atoms with Gasteiger partial charge in [-0.3, -0.25) is 0 Å². The third-order valence-electron chi connectivity index (χ3n) is 2.15. The van der Waals surface area contributed by atoms with Crippen LogP contribution < -0.4 is 4.74 Å². The fourth-order valence-electron chi connectivity index (χ4n) is 1.36. The van der Waals surface area contributed by atoms with Gasteiger partial charge in [-0.25, -0.2) is 4.42 Å². The van der Waals surface area contributed by atoms with E-state index in [1.807, 2.05) is 6.92 Å². The fourth-order valence-corrected chi connectivity index (χ4v) is 3.45. The number of benzene rings is 1. The molecule has 0 aliphatic rings. The van der Waals surface area contributed by atoms with Crippen molar-refractivity contribution in [3.63, 3.8) is 0 Å². The molecule has 8 heteroatoms. The molecule has 1 nitrogen and oxygen atoms in total. The number of hydrogen-bond acceptors (Lipinski definition) is 2. The quantitative estimate of drug-likeness (QED) is 0.319. The average Bonchev–Trinajstić information content (AvgIpc) is 2.77. The summed E-state index contributed by atoms with van der Waals surface area (Å²) in [6.07, 6.45) is 0. The van der Waals surface area contributed by atoms with Gasteiger partial charge in [-0.2, -0.15) is 0 Å². The predicted octanol–water partition coefficient (Wildman–Crippen LogP) is 5.00. The van der Waals surface area contributed by atoms with Crippen molar-refractivity contribution in [2.75, 3.05) is 6.61 Å². The first-order valence-corrected chi connectivity index (χ1v) is 8.00. The summed E-state index contributed by atoms with van der Waals surface area (Å²) in [5, 5.41) is 2.15. The Hall–Kier alpha value is -1.15. The third-order valence-corrected chi connectivity index (χ3v) is 4.10. The van der Waals surface area contributed by atoms with Crippen molar-refractivity contribution in [3.8, 4) is 11.1 Å². The summed E-state index contributed by atoms with van der Waals surface area (Å²) in [5.74, 6) is 0. The Balaban J connectivity index is 0.000000347. The Labute approximate surface area is 121 Å². The zero-order valence-electron chi connectivity index (χ0n) is 10.9. The van der Waals surface area contributed by atoms with E-state index in [0.717, 1.165) is 11.3 Å². The first-order valence-electron chi connectivity index (χ1n) is 5.79. The molecule has 0 saturated carbocycles. The highest BCUT2D eigenvalue weighted by atomic mass is 32.9. The minimum atomic E-state index is -6.00. The van der Waals surface area contributed by atoms with Crippen LogP contribution in [0.15, 0.2) is 34.1 Å². The van der Waals surface area contributed by atoms with Crippen LogP contribution in [-0.4, -0.2) is 13.9 Å². The van der Waals surface area contributed by atoms with E-state index < -0.39 is 7.25 Å². The van der Waals surface area contributed by atoms with Crippen LogP contribution in [0.2, 0.25) is 0 Å². The van der Waals surface area contributed by atoms with E-state index in [0.29, 0.717) is 0 Å². The second-order valence-electron chi connectivity index (χ2n) is 3.79. The van der Waals surface area contributed by atoms with Crippen molar-refractivity contribution in [1.82, 2.24) is 0 Å². The second kappa shape index (κ2) is 7.59. The normalized spacial score (nSPS) is 12.0. The van der Waals surface area contributed by atoms with Crippen LogP contribution in [0.4, 0.5) is 17.3 Å². The minimum Gasteiger partial charge on any atom is -0.418 e. The maximum atomic E-state index is 9.75. The van der Waals surface area contributed by atoms with Crippen LogP contribution in [0.1, 0.15) is 12.5 Å². The Kier molecular flexibility index (Phi) is 6.41. The average molecular weight is 324 g/mol. The van der Waals surface area contributed by atoms with E-state index >= 15 is 0 Å². The molecule has 0 aliphatic carbocycles. The zero-order valence-corrected chi connectivity index (χ0v) is 12.5. The van der Waals surface area contributed by atoms with E-state index in [1.165, 1.54) is 16.7 Å². The lowest BCUT2D eigenvalue weighted by Gasteiger charge is -1.94. The van der Waals surface area contributed by atoms with Gasteiger partial charge in [-0.15, -0.1) is 0 Å². The maximum Gasteiger partial charge on any atom is 0.673 e. The lowest BCUT2D eigenvalue weighted by Crippen LogP contribution is -2.02. The van der Waals surface area contributed by atoms with Crippen molar-refractivity contribution in [2.45, 2.75) is 13.8 Å². The van der Waals surface area contributed by atoms with Gasteiger partial charge in [0, 0.05) is 22.6 Å². The number of aryl methyl sites for hydroxylation is 1. The summed E-state index contributed by atoms with van der Waals surface area (Å²) in [5.41, 5.74) is 3.74. The molecule has 2 rings (SSSR count). The molecule has 1 aromatic carbocycles. The molecule has 20 heavy (non-hydrogen) atoms. The highest BCUT2D eigenvalue weighted by Gasteiger charge is 2.20. The van der Waals surface area contributed by atoms with Crippen molar-refractivity contribution in [1.29, 1.82) is 0 Å². The molecule has 1 aromatic heterocycles. The van der Waals surface area contributed by atoms with Gasteiger partial charge < -0.3 is 17.3 Å². The first kappa shape index (κ1) is 16.9. The maximum absolute atomic E-state index is 9.75. The Morgan fingerprint density at radius 3 is 2.15 bits per heavy atom. The van der Waals surface area contributed by atoms with Crippen LogP contribution in [-0.2, 0) is 0 Å². The van der Waals surface area contributed by atoms with Gasteiger partial charge in [0.2, 0.25) is 0 Å². The molecule has 2 aromatic rings. The highest BCUT2D eigenvalue weighted by Crippen LogP contribution is 2.20. The molecule has 0 N–H and O–H groups in total. The Morgan fingerprint density at radius 2 is 1.65 bits per heavy atom. The summed E-state index contributed by atoms with van der Waals surface area (Å²) >= 11 is 0. The van der Waals surface area contributed by atoms with Gasteiger partial charge >= 0.3 is 12.0 Å². The molecule has 0 aliphatic heterocycles. The van der Waals surface area contributed by atoms with Gasteiger partial charge in [0.1, 0.15) is 5.56 Å². The van der Waals surface area contributed by atoms with Crippen molar-refractivity contribution in [3.05, 3.63) is 44.4 Å². The fraction of sp³-hybridized carbons (Fsp3) is 0.250. The van der Waals surface area contributed by atoms with Gasteiger partial charge in [0.15, 0.2) is 0 Å². The van der Waals surface area contributed by atoms with Gasteiger partial charge in [-0.05, 0) is 12.5 Å². The van der Waals surface area contributed by atoms with Crippen molar-refractivity contribution < 1.29 is 17.3 Å². The van der Waals surface area contributed by atoms with Crippen LogP contribution in [0.25, 0.3) is 11.1 Å². The van der Waals surface area contributed by atoms with E-state index in [9.17, 15) is 17.3 Å². The molecule has 0 fully saturated rings. The summed E-state index contributed by atoms with van der Waals surface area (Å²) in [6, 6.07) is 8.56. The van der Waals surface area contributed by atoms with E-state index in [-0.39, 0.29) is 0 Å². The van der Waals surface area contributed by atoms with E-state index in [2.05, 4.69) is 36.6 Å². The molecular weight excluding hydrogens is 311 g/mol. The monoisotopic (exact) mass is 324 g/mol. The molecular formula is C12H13BF4OS2. The summed E-state index contributed by atoms with van der Waals surface area (Å²) in [4.78, 5) is 0. The molecule has 110 valence electrons. The first-order chi connectivity index (χ1) is 9.31. The summed E-state index contributed by atoms with van der Waals surface area (Å²) in [7, 11) is -2.59. The lowest BCUT2D eigenvalue weighted by atomic mass is 10.1. The third kappa shape index (κ3) is 6.34. The largest absolute Gasteiger partial charge is 0.673 e. The molecule has 0 radical (unpaired) electrons. The predicted molar refractivity (Wildman–Crippen MR) is 79.4 cm³/mol. The highest BCUT2D eigenvalue weighted by molar-refractivity contribution is 7.68. The summed E-state index contributed by atoms with van der Waals surface area (Å²) < 4.78 is 45.6. The number of halogens is 4. The lowest BCUT2D eigenvalue weighted by molar-refractivity contribution is 0.368. The molecule has 0 unspecified atom stereocenters. The number of hydrogen-bond donors (Lipinski definition) is 0. The molecule has 0 bridgehead atoms. The molecule has 0 saturated heterocycles. The molecule has 0 amide bonds. The van der Waals surface area contributed by atoms with Crippen molar-refractivity contribution >= 4 is 27.9 Å². The van der Waals surface area contributed by atoms with Gasteiger partial charge in [-0.1, -0.05) is 40.2 Å². The molecule has 0 atom stereocenters. The van der Waals surface area contributed by atoms with Crippen LogP contribution in [0, 0.1) is 6.92 Å². The molecule has 0 spiro atoms. The SMILES string of the molecule is CC[O+]=c1sscc1-c1ccc(C)cc1.F[B-](F)(F)F. The van der Waals surface area contributed by atoms with Crippen LogP contribution in [0.5, 0.6) is 0 Å². The van der Waals surface area contributed by atoms with Crippen molar-refractivity contribution in [2.24, 2.45) is 0 Å². The van der Waals surface area contributed by atoms with Gasteiger partial charge in [0.05, 0.1) is 0 Å². The molecule has 1 heterocycles. The standard InChI is InChI=1S/C12H13OS2.BF4/c1-3-13-12-11(8-14-15-12)10-6-4-9(2)5-7-10;2-1(3,4)5/h4-8H,3H2,1-2H3;/q+1;-1. The topological polar surface area (TPSA) is 11.3 Å². The van der Waals surface area contributed by atoms with E-state index in [1.54, 1.807) is 20.7 Å². The zero-order chi connectivity index (χ0) is 15.2. The Morgan fingerprint density at radius 1 is 1.10 bits per heavy atom. The van der Waals surface area contributed by atoms with Crippen LogP contribution >= 0.6 is 20.7 Å². The summed E-state index contributed by atoms with van der Waals surface area (Å²) in [6.45, 7) is 4.85. The van der Waals surface area contributed by atoms with Gasteiger partial charge in [0.25, 0.3) is 6.61 Å². The smallest absolute Gasteiger partial charge is 0.418 e. The Bertz CT molecular complexity index is 580. The van der Waals surface area contributed by atoms with Crippen LogP contribution in [0.3, 0.4) is 0 Å². The second-order valence-corrected chi connectivity index (χ2v) is 5.84. The van der Waals surface area contributed by atoms with E-state index in [4.69, 9.17) is 4.42 Å².